The molecule has 0 spiro atoms. The average Bonchev–Trinajstić information content (AvgIpc) is 3.05. The summed E-state index contributed by atoms with van der Waals surface area (Å²) < 4.78 is 33.9. The Labute approximate surface area is 142 Å². The van der Waals surface area contributed by atoms with Crippen molar-refractivity contribution in [1.29, 1.82) is 0 Å². The predicted molar refractivity (Wildman–Crippen MR) is 82.7 cm³/mol. The van der Waals surface area contributed by atoms with Crippen molar-refractivity contribution < 1.29 is 28.1 Å². The maximum atomic E-state index is 12.0. The van der Waals surface area contributed by atoms with Crippen molar-refractivity contribution in [2.24, 2.45) is 0 Å². The van der Waals surface area contributed by atoms with Crippen molar-refractivity contribution in [3.63, 3.8) is 0 Å². The summed E-state index contributed by atoms with van der Waals surface area (Å²) in [4.78, 5) is 37.1. The standard InChI is InChI=1S/C13H16N3O8P/c1-21-12(19)15-9-8-10(16-4-3-7(17)14-11(16)18)24-13(9,5-22-8)6-23-25(2)20/h3-4,8-10H,5-6H2,1-2H3,(H-,14,15,17,18,19)/p+1/t8-,9+,10-,13-/m1/s1. The van der Waals surface area contributed by atoms with Crippen LogP contribution < -0.4 is 16.6 Å². The number of alkyl carbamates (subject to hydrolysis) is 1. The fourth-order valence-corrected chi connectivity index (χ4v) is 3.39. The topological polar surface area (TPSA) is 138 Å². The van der Waals surface area contributed by atoms with Gasteiger partial charge in [0.1, 0.15) is 18.3 Å². The number of fused-ring (bicyclic) bond motifs is 2. The lowest BCUT2D eigenvalue weighted by molar-refractivity contribution is -0.182. The van der Waals surface area contributed by atoms with Crippen LogP contribution in [0.3, 0.4) is 0 Å². The van der Waals surface area contributed by atoms with E-state index in [2.05, 4.69) is 15.0 Å². The third-order valence-corrected chi connectivity index (χ3v) is 4.62. The van der Waals surface area contributed by atoms with Gasteiger partial charge in [0.15, 0.2) is 12.9 Å². The summed E-state index contributed by atoms with van der Waals surface area (Å²) in [6.07, 6.45) is -1.05. The first kappa shape index (κ1) is 17.7. The van der Waals surface area contributed by atoms with Crippen LogP contribution in [0.2, 0.25) is 0 Å². The van der Waals surface area contributed by atoms with Crippen LogP contribution in [-0.4, -0.2) is 60.4 Å². The van der Waals surface area contributed by atoms with Gasteiger partial charge >= 0.3 is 19.8 Å². The molecule has 2 aliphatic heterocycles. The summed E-state index contributed by atoms with van der Waals surface area (Å²) in [5, 5.41) is 2.61. The summed E-state index contributed by atoms with van der Waals surface area (Å²) in [5.74, 6) is 0. The van der Waals surface area contributed by atoms with E-state index in [0.29, 0.717) is 0 Å². The third-order valence-electron chi connectivity index (χ3n) is 4.13. The molecule has 2 aliphatic rings. The molecule has 25 heavy (non-hydrogen) atoms. The first-order valence-electron chi connectivity index (χ1n) is 7.35. The molecule has 136 valence electrons. The molecule has 5 atom stereocenters. The molecule has 0 saturated carbocycles. The van der Waals surface area contributed by atoms with E-state index in [0.717, 1.165) is 4.57 Å². The zero-order chi connectivity index (χ0) is 18.2. The van der Waals surface area contributed by atoms with Gasteiger partial charge < -0.3 is 19.5 Å². The van der Waals surface area contributed by atoms with E-state index < -0.39 is 49.3 Å². The molecular formula is C13H17N3O8P+. The average molecular weight is 374 g/mol. The van der Waals surface area contributed by atoms with E-state index in [1.54, 1.807) is 0 Å². The number of H-pyrrole nitrogens is 1. The Morgan fingerprint density at radius 3 is 2.96 bits per heavy atom. The van der Waals surface area contributed by atoms with Gasteiger partial charge in [0.05, 0.1) is 19.8 Å². The second kappa shape index (κ2) is 6.68. The zero-order valence-corrected chi connectivity index (χ0v) is 14.4. The Hall–Kier alpha value is -2.07. The lowest BCUT2D eigenvalue weighted by atomic mass is 9.97. The number of nitrogens with zero attached hydrogens (tertiary/aromatic N) is 1. The maximum Gasteiger partial charge on any atom is 0.504 e. The van der Waals surface area contributed by atoms with Crippen LogP contribution in [-0.2, 0) is 23.3 Å². The molecule has 1 aromatic heterocycles. The van der Waals surface area contributed by atoms with Gasteiger partial charge in [-0.25, -0.2) is 9.59 Å². The maximum absolute atomic E-state index is 12.0. The number of hydrogen-bond donors (Lipinski definition) is 2. The van der Waals surface area contributed by atoms with Crippen molar-refractivity contribution in [2.45, 2.75) is 24.0 Å². The molecule has 2 N–H and O–H groups in total. The molecule has 1 aromatic rings. The number of hydrogen-bond acceptors (Lipinski definition) is 8. The van der Waals surface area contributed by atoms with Crippen LogP contribution in [0, 0.1) is 0 Å². The highest BCUT2D eigenvalue weighted by Gasteiger charge is 2.64. The number of carbonyl (C=O) groups excluding carboxylic acids is 1. The van der Waals surface area contributed by atoms with Gasteiger partial charge in [-0.3, -0.25) is 14.3 Å². The van der Waals surface area contributed by atoms with Gasteiger partial charge in [-0.1, -0.05) is 0 Å². The SMILES string of the molecule is COC(=O)N[C@H]1[C@H]2OC[C@]1(CO[P+](C)=O)O[C@H]2n1ccc(=O)[nH]c1=O. The van der Waals surface area contributed by atoms with Crippen molar-refractivity contribution in [3.05, 3.63) is 33.1 Å². The zero-order valence-electron chi connectivity index (χ0n) is 13.5. The van der Waals surface area contributed by atoms with Gasteiger partial charge in [0.2, 0.25) is 0 Å². The van der Waals surface area contributed by atoms with E-state index in [1.165, 1.54) is 26.0 Å². The van der Waals surface area contributed by atoms with E-state index in [4.69, 9.17) is 14.0 Å². The number of methoxy groups -OCH3 is 1. The Balaban J connectivity index is 1.93. The summed E-state index contributed by atoms with van der Waals surface area (Å²) in [6.45, 7) is 1.35. The van der Waals surface area contributed by atoms with Crippen LogP contribution in [0.1, 0.15) is 6.23 Å². The largest absolute Gasteiger partial charge is 0.504 e. The molecule has 0 radical (unpaired) electrons. The van der Waals surface area contributed by atoms with Gasteiger partial charge in [0.25, 0.3) is 5.56 Å². The molecule has 2 saturated heterocycles. The number of ether oxygens (including phenoxy) is 3. The van der Waals surface area contributed by atoms with Crippen molar-refractivity contribution >= 4 is 14.1 Å². The highest BCUT2D eigenvalue weighted by molar-refractivity contribution is 7.38. The molecule has 0 aromatic carbocycles. The molecule has 12 heteroatoms. The number of aromatic amines is 1. The molecule has 1 unspecified atom stereocenters. The monoisotopic (exact) mass is 374 g/mol. The molecular weight excluding hydrogens is 357 g/mol. The van der Waals surface area contributed by atoms with E-state index in [9.17, 15) is 18.9 Å². The van der Waals surface area contributed by atoms with Crippen molar-refractivity contribution in [2.75, 3.05) is 27.0 Å². The Morgan fingerprint density at radius 2 is 2.32 bits per heavy atom. The Kier molecular flexibility index (Phi) is 4.74. The quantitative estimate of drug-likeness (QED) is 0.647. The molecule has 1 amide bonds. The Morgan fingerprint density at radius 1 is 1.56 bits per heavy atom. The van der Waals surface area contributed by atoms with Gasteiger partial charge in [-0.15, -0.1) is 4.52 Å². The second-order valence-electron chi connectivity index (χ2n) is 5.69. The third kappa shape index (κ3) is 3.23. The summed E-state index contributed by atoms with van der Waals surface area (Å²) in [6, 6.07) is 0.477. The number of amides is 1. The lowest BCUT2D eigenvalue weighted by Gasteiger charge is -2.29. The molecule has 3 rings (SSSR count). The molecule has 3 heterocycles. The normalized spacial score (nSPS) is 31.0. The van der Waals surface area contributed by atoms with Gasteiger partial charge in [-0.2, -0.15) is 0 Å². The Bertz CT molecular complexity index is 807. The fourth-order valence-electron chi connectivity index (χ4n) is 2.99. The first-order chi connectivity index (χ1) is 11.9. The molecule has 2 bridgehead atoms. The minimum atomic E-state index is -1.90. The first-order valence-corrected chi connectivity index (χ1v) is 8.98. The number of nitrogens with one attached hydrogen (secondary N) is 2. The number of aromatic nitrogens is 2. The highest BCUT2D eigenvalue weighted by atomic mass is 31.1. The van der Waals surface area contributed by atoms with Gasteiger partial charge in [0, 0.05) is 12.3 Å². The van der Waals surface area contributed by atoms with Crippen LogP contribution in [0.25, 0.3) is 0 Å². The molecule has 11 nitrogen and oxygen atoms in total. The van der Waals surface area contributed by atoms with Crippen LogP contribution in [0.15, 0.2) is 21.9 Å². The molecule has 0 aliphatic carbocycles. The van der Waals surface area contributed by atoms with Crippen molar-refractivity contribution in [3.8, 4) is 0 Å². The summed E-state index contributed by atoms with van der Waals surface area (Å²) in [5.41, 5.74) is -2.36. The minimum absolute atomic E-state index is 0.0735. The van der Waals surface area contributed by atoms with E-state index >= 15 is 0 Å². The number of rotatable bonds is 5. The minimum Gasteiger partial charge on any atom is -0.453 e. The molecule has 2 fully saturated rings. The number of carbonyl (C=O) groups is 1. The fraction of sp³-hybridized carbons (Fsp3) is 0.615. The van der Waals surface area contributed by atoms with E-state index in [-0.39, 0.29) is 13.2 Å². The highest BCUT2D eigenvalue weighted by Crippen LogP contribution is 2.45. The lowest BCUT2D eigenvalue weighted by Crippen LogP contribution is -2.53. The van der Waals surface area contributed by atoms with Crippen LogP contribution in [0.4, 0.5) is 4.79 Å². The van der Waals surface area contributed by atoms with Gasteiger partial charge in [-0.05, 0) is 4.57 Å². The second-order valence-corrected chi connectivity index (χ2v) is 6.83. The summed E-state index contributed by atoms with van der Waals surface area (Å²) in [7, 11) is -0.691. The van der Waals surface area contributed by atoms with Crippen molar-refractivity contribution in [1.82, 2.24) is 14.9 Å². The smallest absolute Gasteiger partial charge is 0.453 e. The predicted octanol–water partition coefficient (Wildman–Crippen LogP) is -0.684. The van der Waals surface area contributed by atoms with Crippen LogP contribution in [0.5, 0.6) is 0 Å². The van der Waals surface area contributed by atoms with Crippen LogP contribution >= 0.6 is 8.03 Å². The van der Waals surface area contributed by atoms with E-state index in [1.807, 2.05) is 0 Å². The summed E-state index contributed by atoms with van der Waals surface area (Å²) >= 11 is 0.